The van der Waals surface area contributed by atoms with E-state index in [1.165, 1.54) is 12.3 Å². The van der Waals surface area contributed by atoms with Gasteiger partial charge in [-0.25, -0.2) is 23.2 Å². The lowest BCUT2D eigenvalue weighted by Gasteiger charge is -2.10. The summed E-state index contributed by atoms with van der Waals surface area (Å²) in [6.07, 6.45) is 1.83. The number of anilines is 1. The highest BCUT2D eigenvalue weighted by atomic mass is 32.2. The number of nitrogens with one attached hydrogen (secondary N) is 1. The van der Waals surface area contributed by atoms with Crippen molar-refractivity contribution in [2.75, 3.05) is 16.8 Å². The monoisotopic (exact) mass is 257 g/mol. The van der Waals surface area contributed by atoms with Crippen LogP contribution in [0.25, 0.3) is 0 Å². The van der Waals surface area contributed by atoms with Crippen molar-refractivity contribution >= 4 is 21.6 Å². The highest BCUT2D eigenvalue weighted by Gasteiger charge is 2.28. The Kier molecular flexibility index (Phi) is 2.97. The van der Waals surface area contributed by atoms with E-state index in [4.69, 9.17) is 5.11 Å². The first kappa shape index (κ1) is 11.8. The van der Waals surface area contributed by atoms with E-state index in [1.54, 1.807) is 0 Å². The van der Waals surface area contributed by atoms with Crippen molar-refractivity contribution in [1.29, 1.82) is 0 Å². The van der Waals surface area contributed by atoms with Crippen LogP contribution in [-0.4, -0.2) is 47.0 Å². The van der Waals surface area contributed by atoms with Gasteiger partial charge in [0.15, 0.2) is 9.84 Å². The molecule has 0 radical (unpaired) electrons. The van der Waals surface area contributed by atoms with Gasteiger partial charge in [0.2, 0.25) is 5.82 Å². The number of hydrogen-bond donors (Lipinski definition) is 2. The van der Waals surface area contributed by atoms with Crippen LogP contribution < -0.4 is 5.32 Å². The summed E-state index contributed by atoms with van der Waals surface area (Å²) >= 11 is 0. The third-order valence-electron chi connectivity index (χ3n) is 2.43. The molecule has 2 N–H and O–H groups in total. The molecule has 1 unspecified atom stereocenters. The third-order valence-corrected chi connectivity index (χ3v) is 4.20. The van der Waals surface area contributed by atoms with Gasteiger partial charge in [0.1, 0.15) is 5.82 Å². The van der Waals surface area contributed by atoms with Crippen LogP contribution in [0.1, 0.15) is 17.0 Å². The summed E-state index contributed by atoms with van der Waals surface area (Å²) in [7, 11) is -2.96. The van der Waals surface area contributed by atoms with Gasteiger partial charge in [0, 0.05) is 12.2 Å². The molecule has 8 heteroatoms. The molecule has 0 aliphatic carbocycles. The van der Waals surface area contributed by atoms with Crippen molar-refractivity contribution in [3.63, 3.8) is 0 Å². The maximum Gasteiger partial charge on any atom is 0.374 e. The summed E-state index contributed by atoms with van der Waals surface area (Å²) in [5, 5.41) is 11.6. The molecule has 0 amide bonds. The number of carboxylic acid groups (broad SMARTS) is 1. The Morgan fingerprint density at radius 1 is 1.53 bits per heavy atom. The molecule has 7 nitrogen and oxygen atoms in total. The zero-order chi connectivity index (χ0) is 12.5. The fourth-order valence-electron chi connectivity index (χ4n) is 1.66. The van der Waals surface area contributed by atoms with Crippen molar-refractivity contribution in [3.05, 3.63) is 18.1 Å². The SMILES string of the molecule is O=C(O)c1nccc(NC2CCS(=O)(=O)C2)n1. The van der Waals surface area contributed by atoms with Crippen molar-refractivity contribution in [1.82, 2.24) is 9.97 Å². The first-order valence-corrected chi connectivity index (χ1v) is 6.82. The summed E-state index contributed by atoms with van der Waals surface area (Å²) in [5.74, 6) is -0.982. The minimum atomic E-state index is -2.96. The van der Waals surface area contributed by atoms with E-state index in [0.29, 0.717) is 12.2 Å². The maximum atomic E-state index is 11.2. The summed E-state index contributed by atoms with van der Waals surface area (Å²) in [6, 6.07) is 1.30. The second-order valence-corrected chi connectivity index (χ2v) is 6.04. The van der Waals surface area contributed by atoms with Crippen molar-refractivity contribution < 1.29 is 18.3 Å². The average molecular weight is 257 g/mol. The fourth-order valence-corrected chi connectivity index (χ4v) is 3.33. The van der Waals surface area contributed by atoms with Gasteiger partial charge in [-0.2, -0.15) is 0 Å². The Bertz CT molecular complexity index is 543. The minimum Gasteiger partial charge on any atom is -0.475 e. The highest BCUT2D eigenvalue weighted by Crippen LogP contribution is 2.15. The van der Waals surface area contributed by atoms with Gasteiger partial charge in [0.05, 0.1) is 11.5 Å². The minimum absolute atomic E-state index is 0.0550. The summed E-state index contributed by atoms with van der Waals surface area (Å²) in [6.45, 7) is 0. The van der Waals surface area contributed by atoms with E-state index in [-0.39, 0.29) is 23.4 Å². The van der Waals surface area contributed by atoms with Crippen LogP contribution in [0.15, 0.2) is 12.3 Å². The number of carboxylic acids is 1. The molecule has 2 heterocycles. The molecule has 1 fully saturated rings. The zero-order valence-corrected chi connectivity index (χ0v) is 9.64. The highest BCUT2D eigenvalue weighted by molar-refractivity contribution is 7.91. The second kappa shape index (κ2) is 4.28. The Labute approximate surface area is 97.8 Å². The molecule has 0 aromatic carbocycles. The molecule has 0 spiro atoms. The number of nitrogens with zero attached hydrogens (tertiary/aromatic N) is 2. The standard InChI is InChI=1S/C9H11N3O4S/c13-9(14)8-10-3-1-7(12-8)11-6-2-4-17(15,16)5-6/h1,3,6H,2,4-5H2,(H,13,14)(H,10,11,12). The van der Waals surface area contributed by atoms with Gasteiger partial charge in [-0.05, 0) is 12.5 Å². The predicted molar refractivity (Wildman–Crippen MR) is 59.7 cm³/mol. The molecule has 0 saturated carbocycles. The Morgan fingerprint density at radius 2 is 2.29 bits per heavy atom. The lowest BCUT2D eigenvalue weighted by molar-refractivity contribution is 0.0683. The number of rotatable bonds is 3. The van der Waals surface area contributed by atoms with Gasteiger partial charge in [0.25, 0.3) is 0 Å². The normalized spacial score (nSPS) is 22.2. The number of hydrogen-bond acceptors (Lipinski definition) is 6. The van der Waals surface area contributed by atoms with E-state index in [9.17, 15) is 13.2 Å². The molecule has 1 aromatic rings. The summed E-state index contributed by atoms with van der Waals surface area (Å²) in [4.78, 5) is 18.0. The first-order chi connectivity index (χ1) is 7.96. The van der Waals surface area contributed by atoms with E-state index < -0.39 is 15.8 Å². The molecule has 1 aromatic heterocycles. The van der Waals surface area contributed by atoms with Gasteiger partial charge >= 0.3 is 5.97 Å². The van der Waals surface area contributed by atoms with E-state index >= 15 is 0 Å². The first-order valence-electron chi connectivity index (χ1n) is 4.99. The number of carbonyl (C=O) groups is 1. The smallest absolute Gasteiger partial charge is 0.374 e. The number of sulfone groups is 1. The number of aromatic nitrogens is 2. The summed E-state index contributed by atoms with van der Waals surface area (Å²) < 4.78 is 22.5. The van der Waals surface area contributed by atoms with Gasteiger partial charge in [-0.1, -0.05) is 0 Å². The van der Waals surface area contributed by atoms with Crippen LogP contribution in [0.5, 0.6) is 0 Å². The van der Waals surface area contributed by atoms with Crippen LogP contribution in [0.3, 0.4) is 0 Å². The van der Waals surface area contributed by atoms with Crippen molar-refractivity contribution in [2.24, 2.45) is 0 Å². The zero-order valence-electron chi connectivity index (χ0n) is 8.83. The van der Waals surface area contributed by atoms with Crippen molar-refractivity contribution in [3.8, 4) is 0 Å². The van der Waals surface area contributed by atoms with Crippen LogP contribution in [0.4, 0.5) is 5.82 Å². The number of aromatic carboxylic acids is 1. The quantitative estimate of drug-likeness (QED) is 0.769. The average Bonchev–Trinajstić information content (AvgIpc) is 2.58. The van der Waals surface area contributed by atoms with Crippen LogP contribution in [-0.2, 0) is 9.84 Å². The predicted octanol–water partition coefficient (Wildman–Crippen LogP) is -0.226. The molecular weight excluding hydrogens is 246 g/mol. The fraction of sp³-hybridized carbons (Fsp3) is 0.444. The Morgan fingerprint density at radius 3 is 2.88 bits per heavy atom. The topological polar surface area (TPSA) is 109 Å². The van der Waals surface area contributed by atoms with Gasteiger partial charge in [-0.15, -0.1) is 0 Å². The Hall–Kier alpha value is -1.70. The molecule has 1 aliphatic heterocycles. The molecule has 92 valence electrons. The van der Waals surface area contributed by atoms with E-state index in [0.717, 1.165) is 0 Å². The molecule has 0 bridgehead atoms. The molecule has 1 aliphatic rings. The van der Waals surface area contributed by atoms with Crippen molar-refractivity contribution in [2.45, 2.75) is 12.5 Å². The second-order valence-electron chi connectivity index (χ2n) is 3.81. The Balaban J connectivity index is 2.09. The van der Waals surface area contributed by atoms with Crippen LogP contribution in [0, 0.1) is 0 Å². The molecular formula is C9H11N3O4S. The molecule has 1 atom stereocenters. The summed E-state index contributed by atoms with van der Waals surface area (Å²) in [5.41, 5.74) is 0. The maximum absolute atomic E-state index is 11.2. The van der Waals surface area contributed by atoms with Crippen LogP contribution in [0.2, 0.25) is 0 Å². The molecule has 17 heavy (non-hydrogen) atoms. The molecule has 1 saturated heterocycles. The van der Waals surface area contributed by atoms with E-state index in [1.807, 2.05) is 0 Å². The third kappa shape index (κ3) is 2.90. The van der Waals surface area contributed by atoms with E-state index in [2.05, 4.69) is 15.3 Å². The van der Waals surface area contributed by atoms with Gasteiger partial charge in [-0.3, -0.25) is 0 Å². The largest absolute Gasteiger partial charge is 0.475 e. The molecule has 2 rings (SSSR count). The van der Waals surface area contributed by atoms with Crippen LogP contribution >= 0.6 is 0 Å². The lowest BCUT2D eigenvalue weighted by atomic mass is 10.2. The van der Waals surface area contributed by atoms with Gasteiger partial charge < -0.3 is 10.4 Å². The lowest BCUT2D eigenvalue weighted by Crippen LogP contribution is -2.21.